The van der Waals surface area contributed by atoms with Crippen LogP contribution in [-0.4, -0.2) is 28.1 Å². The topological polar surface area (TPSA) is 37.8 Å². The van der Waals surface area contributed by atoms with Crippen molar-refractivity contribution in [2.24, 2.45) is 5.92 Å². The predicted molar refractivity (Wildman–Crippen MR) is 69.3 cm³/mol. The average Bonchev–Trinajstić information content (AvgIpc) is 2.72. The Morgan fingerprint density at radius 3 is 3.06 bits per heavy atom. The quantitative estimate of drug-likeness (QED) is 0.511. The molecule has 1 saturated carbocycles. The zero-order valence-corrected chi connectivity index (χ0v) is 10.9. The lowest BCUT2D eigenvalue weighted by molar-refractivity contribution is 0.585. The van der Waals surface area contributed by atoms with Crippen molar-refractivity contribution in [3.8, 4) is 0 Å². The highest BCUT2D eigenvalue weighted by atomic mass is 35.5. The van der Waals surface area contributed by atoms with Crippen molar-refractivity contribution >= 4 is 29.2 Å². The number of rotatable bonds is 4. The van der Waals surface area contributed by atoms with Gasteiger partial charge in [0.2, 0.25) is 0 Å². The zero-order valence-electron chi connectivity index (χ0n) is 9.32. The SMILES string of the molecule is CSc1cc(NCC2CCCC2Cl)ncn1. The molecule has 88 valence electrons. The molecule has 3 nitrogen and oxygen atoms in total. The number of nitrogens with zero attached hydrogens (tertiary/aromatic N) is 2. The fourth-order valence-electron chi connectivity index (χ4n) is 2.00. The van der Waals surface area contributed by atoms with Crippen LogP contribution in [-0.2, 0) is 0 Å². The first-order valence-electron chi connectivity index (χ1n) is 5.53. The van der Waals surface area contributed by atoms with E-state index in [0.717, 1.165) is 23.8 Å². The molecule has 1 aromatic rings. The average molecular weight is 258 g/mol. The summed E-state index contributed by atoms with van der Waals surface area (Å²) in [5.41, 5.74) is 0. The number of nitrogens with one attached hydrogen (secondary N) is 1. The van der Waals surface area contributed by atoms with Gasteiger partial charge in [-0.2, -0.15) is 0 Å². The highest BCUT2D eigenvalue weighted by molar-refractivity contribution is 7.98. The van der Waals surface area contributed by atoms with Crippen molar-refractivity contribution in [3.05, 3.63) is 12.4 Å². The number of hydrogen-bond acceptors (Lipinski definition) is 4. The second-order valence-electron chi connectivity index (χ2n) is 4.03. The van der Waals surface area contributed by atoms with Crippen molar-refractivity contribution in [1.29, 1.82) is 0 Å². The minimum Gasteiger partial charge on any atom is -0.370 e. The normalized spacial score (nSPS) is 24.6. The summed E-state index contributed by atoms with van der Waals surface area (Å²) in [5.74, 6) is 1.48. The Kier molecular flexibility index (Phi) is 4.29. The summed E-state index contributed by atoms with van der Waals surface area (Å²) in [5, 5.41) is 4.66. The Bertz CT molecular complexity index is 348. The molecule has 5 heteroatoms. The Labute approximate surface area is 105 Å². The summed E-state index contributed by atoms with van der Waals surface area (Å²) in [6.45, 7) is 0.916. The molecule has 0 aliphatic heterocycles. The van der Waals surface area contributed by atoms with Crippen LogP contribution in [0.15, 0.2) is 17.4 Å². The molecule has 1 heterocycles. The largest absolute Gasteiger partial charge is 0.370 e. The highest BCUT2D eigenvalue weighted by Crippen LogP contribution is 2.30. The molecule has 0 aromatic carbocycles. The van der Waals surface area contributed by atoms with E-state index in [1.54, 1.807) is 18.1 Å². The number of thioether (sulfide) groups is 1. The summed E-state index contributed by atoms with van der Waals surface area (Å²) in [4.78, 5) is 8.33. The molecule has 0 bridgehead atoms. The van der Waals surface area contributed by atoms with E-state index in [1.165, 1.54) is 12.8 Å². The fourth-order valence-corrected chi connectivity index (χ4v) is 2.76. The van der Waals surface area contributed by atoms with Crippen LogP contribution in [0.2, 0.25) is 0 Å². The van der Waals surface area contributed by atoms with Gasteiger partial charge in [-0.3, -0.25) is 0 Å². The Morgan fingerprint density at radius 2 is 2.38 bits per heavy atom. The fraction of sp³-hybridized carbons (Fsp3) is 0.636. The van der Waals surface area contributed by atoms with Crippen LogP contribution >= 0.6 is 23.4 Å². The van der Waals surface area contributed by atoms with Gasteiger partial charge in [-0.1, -0.05) is 6.42 Å². The van der Waals surface area contributed by atoms with E-state index < -0.39 is 0 Å². The smallest absolute Gasteiger partial charge is 0.130 e. The number of hydrogen-bond donors (Lipinski definition) is 1. The van der Waals surface area contributed by atoms with E-state index >= 15 is 0 Å². The zero-order chi connectivity index (χ0) is 11.4. The van der Waals surface area contributed by atoms with Gasteiger partial charge in [0.05, 0.1) is 0 Å². The third-order valence-corrected chi connectivity index (χ3v) is 4.18. The minimum atomic E-state index is 0.328. The van der Waals surface area contributed by atoms with Crippen molar-refractivity contribution in [1.82, 2.24) is 9.97 Å². The molecule has 2 atom stereocenters. The Morgan fingerprint density at radius 1 is 1.50 bits per heavy atom. The second-order valence-corrected chi connectivity index (χ2v) is 5.42. The molecule has 1 N–H and O–H groups in total. The van der Waals surface area contributed by atoms with Crippen LogP contribution in [0.1, 0.15) is 19.3 Å². The molecule has 1 aliphatic carbocycles. The summed E-state index contributed by atoms with van der Waals surface area (Å²) in [6, 6.07) is 1.98. The minimum absolute atomic E-state index is 0.328. The molecule has 0 spiro atoms. The first kappa shape index (κ1) is 12.0. The monoisotopic (exact) mass is 257 g/mol. The number of aromatic nitrogens is 2. The predicted octanol–water partition coefficient (Wildman–Crippen LogP) is 3.02. The molecule has 1 fully saturated rings. The maximum atomic E-state index is 6.23. The number of halogens is 1. The van der Waals surface area contributed by atoms with Gasteiger partial charge in [-0.15, -0.1) is 23.4 Å². The van der Waals surface area contributed by atoms with Crippen LogP contribution in [0.25, 0.3) is 0 Å². The van der Waals surface area contributed by atoms with E-state index in [1.807, 2.05) is 12.3 Å². The van der Waals surface area contributed by atoms with Crippen molar-refractivity contribution in [2.75, 3.05) is 18.1 Å². The van der Waals surface area contributed by atoms with Gasteiger partial charge in [0.15, 0.2) is 0 Å². The molecular formula is C11H16ClN3S. The highest BCUT2D eigenvalue weighted by Gasteiger charge is 2.24. The molecule has 2 rings (SSSR count). The standard InChI is InChI=1S/C11H16ClN3S/c1-16-11-5-10(14-7-15-11)13-6-8-3-2-4-9(8)12/h5,7-9H,2-4,6H2,1H3,(H,13,14,15). The van der Waals surface area contributed by atoms with Crippen molar-refractivity contribution < 1.29 is 0 Å². The van der Waals surface area contributed by atoms with Crippen LogP contribution in [0.4, 0.5) is 5.82 Å². The van der Waals surface area contributed by atoms with Crippen molar-refractivity contribution in [3.63, 3.8) is 0 Å². The van der Waals surface area contributed by atoms with Crippen LogP contribution in [0, 0.1) is 5.92 Å². The van der Waals surface area contributed by atoms with Gasteiger partial charge >= 0.3 is 0 Å². The molecular weight excluding hydrogens is 242 g/mol. The number of anilines is 1. The van der Waals surface area contributed by atoms with E-state index in [0.29, 0.717) is 11.3 Å². The van der Waals surface area contributed by atoms with Crippen LogP contribution in [0.5, 0.6) is 0 Å². The van der Waals surface area contributed by atoms with Crippen LogP contribution < -0.4 is 5.32 Å². The number of alkyl halides is 1. The summed E-state index contributed by atoms with van der Waals surface area (Å²) >= 11 is 7.85. The maximum Gasteiger partial charge on any atom is 0.130 e. The van der Waals surface area contributed by atoms with Gasteiger partial charge in [-0.25, -0.2) is 9.97 Å². The van der Waals surface area contributed by atoms with Gasteiger partial charge in [0.1, 0.15) is 17.2 Å². The lowest BCUT2D eigenvalue weighted by atomic mass is 10.1. The Balaban J connectivity index is 1.88. The molecule has 0 radical (unpaired) electrons. The summed E-state index contributed by atoms with van der Waals surface area (Å²) in [6.07, 6.45) is 7.23. The summed E-state index contributed by atoms with van der Waals surface area (Å²) < 4.78 is 0. The van der Waals surface area contributed by atoms with E-state index in [-0.39, 0.29) is 0 Å². The van der Waals surface area contributed by atoms with E-state index in [2.05, 4.69) is 15.3 Å². The molecule has 1 aromatic heterocycles. The molecule has 0 saturated heterocycles. The molecule has 2 unspecified atom stereocenters. The molecule has 0 amide bonds. The summed E-state index contributed by atoms with van der Waals surface area (Å²) in [7, 11) is 0. The molecule has 1 aliphatic rings. The third kappa shape index (κ3) is 3.01. The van der Waals surface area contributed by atoms with E-state index in [4.69, 9.17) is 11.6 Å². The van der Waals surface area contributed by atoms with Gasteiger partial charge in [0, 0.05) is 18.0 Å². The van der Waals surface area contributed by atoms with Crippen LogP contribution in [0.3, 0.4) is 0 Å². The second kappa shape index (κ2) is 5.73. The lowest BCUT2D eigenvalue weighted by Gasteiger charge is -2.14. The first-order valence-corrected chi connectivity index (χ1v) is 7.19. The Hall–Kier alpha value is -0.480. The van der Waals surface area contributed by atoms with Gasteiger partial charge in [0.25, 0.3) is 0 Å². The van der Waals surface area contributed by atoms with E-state index in [9.17, 15) is 0 Å². The maximum absolute atomic E-state index is 6.23. The van der Waals surface area contributed by atoms with Gasteiger partial charge in [-0.05, 0) is 25.0 Å². The van der Waals surface area contributed by atoms with Crippen molar-refractivity contribution in [2.45, 2.75) is 29.7 Å². The first-order chi connectivity index (χ1) is 7.79. The van der Waals surface area contributed by atoms with Gasteiger partial charge < -0.3 is 5.32 Å². The lowest BCUT2D eigenvalue weighted by Crippen LogP contribution is -2.18. The third-order valence-electron chi connectivity index (χ3n) is 2.96. The molecule has 16 heavy (non-hydrogen) atoms.